The van der Waals surface area contributed by atoms with Gasteiger partial charge in [-0.15, -0.1) is 0 Å². The summed E-state index contributed by atoms with van der Waals surface area (Å²) in [4.78, 5) is 42.7. The summed E-state index contributed by atoms with van der Waals surface area (Å²) in [7, 11) is -4.79. The molecule has 1 unspecified atom stereocenters. The molecule has 0 aliphatic heterocycles. The second-order valence-corrected chi connectivity index (χ2v) is 14.0. The molecular formula is C41H69O9P. The first-order valence-corrected chi connectivity index (χ1v) is 20.9. The lowest BCUT2D eigenvalue weighted by molar-refractivity contribution is -0.161. The van der Waals surface area contributed by atoms with Crippen LogP contribution in [0.4, 0.5) is 0 Å². The Bertz CT molecular complexity index is 1070. The minimum atomic E-state index is -4.79. The Morgan fingerprint density at radius 1 is 0.627 bits per heavy atom. The number of allylic oxidation sites excluding steroid dienone is 11. The van der Waals surface area contributed by atoms with Crippen LogP contribution < -0.4 is 0 Å². The second kappa shape index (κ2) is 35.8. The minimum absolute atomic E-state index is 0.116. The molecule has 0 fully saturated rings. The Morgan fingerprint density at radius 2 is 1.20 bits per heavy atom. The van der Waals surface area contributed by atoms with Crippen molar-refractivity contribution in [1.29, 1.82) is 0 Å². The fourth-order valence-electron chi connectivity index (χ4n) is 4.92. The van der Waals surface area contributed by atoms with Crippen LogP contribution in [-0.2, 0) is 28.2 Å². The molecule has 0 heterocycles. The first-order valence-electron chi connectivity index (χ1n) is 19.3. The highest BCUT2D eigenvalue weighted by Gasteiger charge is 2.22. The van der Waals surface area contributed by atoms with Gasteiger partial charge in [0.15, 0.2) is 6.10 Å². The van der Waals surface area contributed by atoms with E-state index in [4.69, 9.17) is 19.3 Å². The summed E-state index contributed by atoms with van der Waals surface area (Å²) in [5, 5.41) is 10.1. The first-order chi connectivity index (χ1) is 24.7. The van der Waals surface area contributed by atoms with E-state index in [0.717, 1.165) is 57.8 Å². The lowest BCUT2D eigenvalue weighted by atomic mass is 10.1. The van der Waals surface area contributed by atoms with Crippen LogP contribution in [-0.4, -0.2) is 52.3 Å². The molecule has 51 heavy (non-hydrogen) atoms. The summed E-state index contributed by atoms with van der Waals surface area (Å²) in [6.07, 6.45) is 42.2. The number of aliphatic hydroxyl groups excluding tert-OH is 1. The van der Waals surface area contributed by atoms with E-state index in [-0.39, 0.29) is 19.4 Å². The number of carbonyl (C=O) groups excluding carboxylic acids is 2. The van der Waals surface area contributed by atoms with E-state index in [9.17, 15) is 19.3 Å². The van der Waals surface area contributed by atoms with Gasteiger partial charge in [-0.3, -0.25) is 14.1 Å². The summed E-state index contributed by atoms with van der Waals surface area (Å²) in [5.74, 6) is -1.03. The zero-order valence-electron chi connectivity index (χ0n) is 31.6. The molecule has 0 saturated carbocycles. The van der Waals surface area contributed by atoms with Gasteiger partial charge < -0.3 is 24.4 Å². The van der Waals surface area contributed by atoms with Crippen LogP contribution in [0.3, 0.4) is 0 Å². The lowest BCUT2D eigenvalue weighted by Gasteiger charge is -2.18. The third-order valence-corrected chi connectivity index (χ3v) is 8.30. The molecule has 0 rings (SSSR count). The van der Waals surface area contributed by atoms with Crippen LogP contribution in [0.2, 0.25) is 0 Å². The lowest BCUT2D eigenvalue weighted by Crippen LogP contribution is -2.29. The highest BCUT2D eigenvalue weighted by molar-refractivity contribution is 7.46. The summed E-state index contributed by atoms with van der Waals surface area (Å²) in [6.45, 7) is 3.40. The van der Waals surface area contributed by atoms with Crippen LogP contribution in [0.25, 0.3) is 0 Å². The maximum absolute atomic E-state index is 12.4. The molecule has 0 aliphatic rings. The maximum Gasteiger partial charge on any atom is 0.469 e. The van der Waals surface area contributed by atoms with Gasteiger partial charge in [0, 0.05) is 12.8 Å². The standard InChI is InChI=1S/C41H69O9P/c1-3-5-7-9-11-12-13-14-15-16-17-18-19-20-22-26-31-35-41(44)50-39(37-49-51(45,46)47)36-48-40(43)34-30-27-23-25-29-33-38(42)32-28-24-21-10-8-6-4-2/h6,8,14-15,17-18,20-22,24,28,32,38-39,42H,3-5,7,9-13,16,19,23,25-27,29-31,33-37H2,1-2H3,(H2,45,46,47)/b8-6+,15-14-,18-17-,22-20-,24-21+,32-28+/t38?,39-/m1/s1. The third-order valence-electron chi connectivity index (χ3n) is 7.81. The Morgan fingerprint density at radius 3 is 1.88 bits per heavy atom. The largest absolute Gasteiger partial charge is 0.469 e. The molecule has 10 heteroatoms. The van der Waals surface area contributed by atoms with Gasteiger partial charge in [0.05, 0.1) is 12.7 Å². The molecule has 0 aromatic rings. The Labute approximate surface area is 309 Å². The number of phosphoric acid groups is 1. The number of unbranched alkanes of at least 4 members (excludes halogenated alkanes) is 11. The summed E-state index contributed by atoms with van der Waals surface area (Å²) in [5.41, 5.74) is 0. The first kappa shape index (κ1) is 48.5. The Kier molecular flexibility index (Phi) is 34.0. The van der Waals surface area contributed by atoms with Crippen molar-refractivity contribution in [3.8, 4) is 0 Å². The van der Waals surface area contributed by atoms with Crippen LogP contribution in [0, 0.1) is 0 Å². The molecule has 9 nitrogen and oxygen atoms in total. The van der Waals surface area contributed by atoms with Crippen LogP contribution in [0.15, 0.2) is 72.9 Å². The van der Waals surface area contributed by atoms with Gasteiger partial charge in [-0.25, -0.2) is 4.57 Å². The fourth-order valence-corrected chi connectivity index (χ4v) is 5.28. The summed E-state index contributed by atoms with van der Waals surface area (Å²) in [6, 6.07) is 0. The van der Waals surface area contributed by atoms with Crippen molar-refractivity contribution in [2.75, 3.05) is 13.2 Å². The van der Waals surface area contributed by atoms with Crippen LogP contribution >= 0.6 is 7.82 Å². The van der Waals surface area contributed by atoms with E-state index in [1.165, 1.54) is 38.5 Å². The summed E-state index contributed by atoms with van der Waals surface area (Å²) < 4.78 is 26.2. The summed E-state index contributed by atoms with van der Waals surface area (Å²) >= 11 is 0. The highest BCUT2D eigenvalue weighted by atomic mass is 31.2. The van der Waals surface area contributed by atoms with Crippen molar-refractivity contribution in [1.82, 2.24) is 0 Å². The van der Waals surface area contributed by atoms with E-state index < -0.39 is 38.6 Å². The molecule has 0 aromatic carbocycles. The van der Waals surface area contributed by atoms with Crippen molar-refractivity contribution in [3.63, 3.8) is 0 Å². The Hall–Kier alpha value is -2.55. The topological polar surface area (TPSA) is 140 Å². The van der Waals surface area contributed by atoms with E-state index >= 15 is 0 Å². The number of rotatable bonds is 34. The number of carbonyl (C=O) groups is 2. The zero-order valence-corrected chi connectivity index (χ0v) is 32.5. The predicted molar refractivity (Wildman–Crippen MR) is 208 cm³/mol. The molecule has 0 aromatic heterocycles. The zero-order chi connectivity index (χ0) is 37.7. The minimum Gasteiger partial charge on any atom is -0.462 e. The molecule has 292 valence electrons. The number of ether oxygens (including phenoxy) is 2. The normalized spacial score (nSPS) is 13.9. The SMILES string of the molecule is CC/C=C/C/C=C/C=C/C(O)CCCCCCCC(=O)OC[C@H](COP(=O)(O)O)OC(=O)CCC/C=C\C/C=C\C/C=C\CCCCCCCC. The maximum atomic E-state index is 12.4. The number of esters is 2. The third kappa shape index (κ3) is 38.5. The fraction of sp³-hybridized carbons (Fsp3) is 0.659. The number of hydrogen-bond acceptors (Lipinski definition) is 7. The van der Waals surface area contributed by atoms with Gasteiger partial charge in [-0.1, -0.05) is 145 Å². The number of aliphatic hydroxyl groups is 1. The molecule has 0 aliphatic carbocycles. The molecular weight excluding hydrogens is 667 g/mol. The van der Waals surface area contributed by atoms with Crippen molar-refractivity contribution >= 4 is 19.8 Å². The predicted octanol–water partition coefficient (Wildman–Crippen LogP) is 10.5. The van der Waals surface area contributed by atoms with Gasteiger partial charge in [0.25, 0.3) is 0 Å². The van der Waals surface area contributed by atoms with Gasteiger partial charge >= 0.3 is 19.8 Å². The van der Waals surface area contributed by atoms with Crippen molar-refractivity contribution in [2.45, 2.75) is 161 Å². The van der Waals surface area contributed by atoms with Crippen molar-refractivity contribution < 1.29 is 43.0 Å². The van der Waals surface area contributed by atoms with E-state index in [1.807, 2.05) is 24.3 Å². The molecule has 2 atom stereocenters. The quantitative estimate of drug-likeness (QED) is 0.0194. The average molecular weight is 737 g/mol. The molecule has 0 spiro atoms. The van der Waals surface area contributed by atoms with E-state index in [0.29, 0.717) is 25.7 Å². The second-order valence-electron chi connectivity index (χ2n) is 12.7. The smallest absolute Gasteiger partial charge is 0.462 e. The molecule has 0 amide bonds. The monoisotopic (exact) mass is 736 g/mol. The number of hydrogen-bond donors (Lipinski definition) is 3. The van der Waals surface area contributed by atoms with Crippen molar-refractivity contribution in [3.05, 3.63) is 72.9 Å². The van der Waals surface area contributed by atoms with Gasteiger partial charge in [-0.2, -0.15) is 0 Å². The highest BCUT2D eigenvalue weighted by Crippen LogP contribution is 2.36. The number of phosphoric ester groups is 1. The van der Waals surface area contributed by atoms with E-state index in [1.54, 1.807) is 6.08 Å². The van der Waals surface area contributed by atoms with Crippen LogP contribution in [0.5, 0.6) is 0 Å². The molecule has 0 saturated heterocycles. The van der Waals surface area contributed by atoms with Gasteiger partial charge in [0.2, 0.25) is 0 Å². The molecule has 0 radical (unpaired) electrons. The van der Waals surface area contributed by atoms with Gasteiger partial charge in [-0.05, 0) is 64.2 Å². The average Bonchev–Trinajstić information content (AvgIpc) is 3.09. The Balaban J connectivity index is 4.15. The van der Waals surface area contributed by atoms with Crippen LogP contribution in [0.1, 0.15) is 149 Å². The van der Waals surface area contributed by atoms with Crippen molar-refractivity contribution in [2.24, 2.45) is 0 Å². The van der Waals surface area contributed by atoms with Gasteiger partial charge in [0.1, 0.15) is 6.61 Å². The molecule has 3 N–H and O–H groups in total. The van der Waals surface area contributed by atoms with E-state index in [2.05, 4.69) is 60.9 Å². The molecule has 0 bridgehead atoms.